The average molecular weight is 865 g/mol. The van der Waals surface area contributed by atoms with E-state index in [1.165, 1.54) is 122 Å². The van der Waals surface area contributed by atoms with Crippen molar-refractivity contribution in [1.82, 2.24) is 0 Å². The third-order valence-corrected chi connectivity index (χ3v) is 11.5. The van der Waals surface area contributed by atoms with Crippen molar-refractivity contribution in [1.29, 1.82) is 0 Å². The van der Waals surface area contributed by atoms with Gasteiger partial charge in [0.05, 0.1) is 13.2 Å². The van der Waals surface area contributed by atoms with Crippen molar-refractivity contribution in [3.8, 4) is 0 Å². The Labute approximate surface area is 372 Å². The van der Waals surface area contributed by atoms with Crippen LogP contribution in [0.3, 0.4) is 0 Å². The van der Waals surface area contributed by atoms with Gasteiger partial charge in [0.2, 0.25) is 0 Å². The summed E-state index contributed by atoms with van der Waals surface area (Å²) in [5, 5.41) is 40.2. The Morgan fingerprint density at radius 1 is 0.508 bits per heavy atom. The van der Waals surface area contributed by atoms with E-state index >= 15 is 0 Å². The zero-order valence-electron chi connectivity index (χ0n) is 38.9. The van der Waals surface area contributed by atoms with E-state index in [1.54, 1.807) is 0 Å². The van der Waals surface area contributed by atoms with Gasteiger partial charge in [-0.3, -0.25) is 9.59 Å². The molecule has 0 spiro atoms. The highest BCUT2D eigenvalue weighted by atomic mass is 16.7. The zero-order valence-corrected chi connectivity index (χ0v) is 38.9. The van der Waals surface area contributed by atoms with Crippen LogP contribution in [0.2, 0.25) is 0 Å². The molecule has 10 heteroatoms. The van der Waals surface area contributed by atoms with Gasteiger partial charge in [0, 0.05) is 12.8 Å². The van der Waals surface area contributed by atoms with Gasteiger partial charge in [0.15, 0.2) is 12.4 Å². The molecule has 2 unspecified atom stereocenters. The number of rotatable bonds is 42. The number of ether oxygens (including phenoxy) is 4. The van der Waals surface area contributed by atoms with Crippen molar-refractivity contribution >= 4 is 11.9 Å². The molecule has 1 heterocycles. The standard InChI is InChI=1S/C51H92O10/c1-3-5-7-9-11-13-15-17-19-21-22-24-25-27-29-31-33-35-37-39-46(53)58-42-44(43-59-51-50(57)49(56)48(55)45(41-52)61-51)60-47(54)40-38-36-34-32-30-28-26-23-20-18-16-14-12-10-8-6-4-2/h11,13,17-20,44-45,48-52,55-57H,3-10,12,14-16,21-43H2,1-2H3/b13-11+,19-17+,20-18+/t44-,45-,48+,49?,50?,51-/m0/s1. The average Bonchev–Trinajstić information content (AvgIpc) is 3.26. The summed E-state index contributed by atoms with van der Waals surface area (Å²) in [5.74, 6) is -0.811. The second-order valence-corrected chi connectivity index (χ2v) is 17.3. The highest BCUT2D eigenvalue weighted by Crippen LogP contribution is 2.23. The lowest BCUT2D eigenvalue weighted by atomic mass is 9.99. The van der Waals surface area contributed by atoms with E-state index in [0.717, 1.165) is 64.2 Å². The molecule has 4 N–H and O–H groups in total. The predicted octanol–water partition coefficient (Wildman–Crippen LogP) is 11.4. The van der Waals surface area contributed by atoms with Crippen LogP contribution in [0.4, 0.5) is 0 Å². The number of unbranched alkanes of at least 4 members (excludes halogenated alkanes) is 25. The zero-order chi connectivity index (χ0) is 44.4. The second kappa shape index (κ2) is 41.9. The molecule has 1 aliphatic rings. The van der Waals surface area contributed by atoms with Crippen LogP contribution in [-0.4, -0.2) is 89.0 Å². The van der Waals surface area contributed by atoms with Crippen molar-refractivity contribution in [3.05, 3.63) is 36.5 Å². The van der Waals surface area contributed by atoms with E-state index in [9.17, 15) is 30.0 Å². The molecule has 0 aromatic carbocycles. The van der Waals surface area contributed by atoms with Gasteiger partial charge in [-0.1, -0.05) is 172 Å². The third kappa shape index (κ3) is 33.1. The van der Waals surface area contributed by atoms with E-state index in [4.69, 9.17) is 18.9 Å². The number of aliphatic hydroxyl groups excluding tert-OH is 4. The molecule has 10 nitrogen and oxygen atoms in total. The molecule has 0 aromatic rings. The summed E-state index contributed by atoms with van der Waals surface area (Å²) in [7, 11) is 0. The number of aliphatic hydroxyl groups is 4. The minimum Gasteiger partial charge on any atom is -0.462 e. The number of hydrogen-bond acceptors (Lipinski definition) is 10. The molecule has 61 heavy (non-hydrogen) atoms. The van der Waals surface area contributed by atoms with Crippen molar-refractivity contribution in [2.75, 3.05) is 19.8 Å². The molecule has 1 fully saturated rings. The van der Waals surface area contributed by atoms with Crippen molar-refractivity contribution in [3.63, 3.8) is 0 Å². The van der Waals surface area contributed by atoms with Crippen LogP contribution in [0.15, 0.2) is 36.5 Å². The van der Waals surface area contributed by atoms with E-state index in [0.29, 0.717) is 6.42 Å². The summed E-state index contributed by atoms with van der Waals surface area (Å²) in [6.45, 7) is 3.41. The Bertz CT molecular complexity index is 1090. The summed E-state index contributed by atoms with van der Waals surface area (Å²) in [4.78, 5) is 25.4. The van der Waals surface area contributed by atoms with E-state index in [1.807, 2.05) is 0 Å². The maximum Gasteiger partial charge on any atom is 0.306 e. The maximum absolute atomic E-state index is 12.8. The Morgan fingerprint density at radius 2 is 0.918 bits per heavy atom. The first kappa shape index (κ1) is 56.9. The van der Waals surface area contributed by atoms with E-state index < -0.39 is 49.4 Å². The Balaban J connectivity index is 2.28. The fraction of sp³-hybridized carbons (Fsp3) is 0.843. The molecule has 0 bridgehead atoms. The molecular formula is C51H92O10. The van der Waals surface area contributed by atoms with Gasteiger partial charge in [-0.2, -0.15) is 0 Å². The SMILES string of the molecule is CCCCC/C=C/C/C=C/CCCCCCCCCCCC(=O)OC[C@@H](CO[C@H]1O[C@@H](CO)[C@@H](O)C(O)C1O)OC(=O)CCCCCCCCC/C=C/CCCCCCCC. The third-order valence-electron chi connectivity index (χ3n) is 11.5. The minimum atomic E-state index is -1.60. The van der Waals surface area contributed by atoms with Crippen molar-refractivity contribution in [2.45, 2.75) is 256 Å². The molecule has 0 saturated carbocycles. The predicted molar refractivity (Wildman–Crippen MR) is 247 cm³/mol. The minimum absolute atomic E-state index is 0.220. The normalized spacial score (nSPS) is 20.0. The molecule has 1 aliphatic heterocycles. The summed E-state index contributed by atoms with van der Waals surface area (Å²) in [5.41, 5.74) is 0. The summed E-state index contributed by atoms with van der Waals surface area (Å²) in [6, 6.07) is 0. The summed E-state index contributed by atoms with van der Waals surface area (Å²) in [6.07, 6.45) is 41.4. The Hall–Kier alpha value is -2.08. The van der Waals surface area contributed by atoms with Gasteiger partial charge in [0.25, 0.3) is 0 Å². The lowest BCUT2D eigenvalue weighted by molar-refractivity contribution is -0.305. The van der Waals surface area contributed by atoms with E-state index in [-0.39, 0.29) is 32.0 Å². The molecule has 1 saturated heterocycles. The molecule has 0 amide bonds. The molecular weight excluding hydrogens is 773 g/mol. The summed E-state index contributed by atoms with van der Waals surface area (Å²) >= 11 is 0. The highest BCUT2D eigenvalue weighted by Gasteiger charge is 2.44. The van der Waals surface area contributed by atoms with Gasteiger partial charge in [-0.15, -0.1) is 0 Å². The number of carbonyl (C=O) groups excluding carboxylic acids is 2. The van der Waals surface area contributed by atoms with Crippen LogP contribution < -0.4 is 0 Å². The van der Waals surface area contributed by atoms with E-state index in [2.05, 4.69) is 50.3 Å². The van der Waals surface area contributed by atoms with Crippen LogP contribution in [0.5, 0.6) is 0 Å². The Morgan fingerprint density at radius 3 is 1.41 bits per heavy atom. The molecule has 356 valence electrons. The first-order valence-electron chi connectivity index (χ1n) is 25.1. The van der Waals surface area contributed by atoms with Crippen LogP contribution in [-0.2, 0) is 28.5 Å². The van der Waals surface area contributed by atoms with Crippen LogP contribution >= 0.6 is 0 Å². The molecule has 6 atom stereocenters. The van der Waals surface area contributed by atoms with Gasteiger partial charge in [-0.25, -0.2) is 0 Å². The molecule has 0 aliphatic carbocycles. The van der Waals surface area contributed by atoms with Crippen LogP contribution in [0.1, 0.15) is 219 Å². The van der Waals surface area contributed by atoms with Gasteiger partial charge in [-0.05, 0) is 70.6 Å². The molecule has 1 rings (SSSR count). The quantitative estimate of drug-likeness (QED) is 0.0265. The number of hydrogen-bond donors (Lipinski definition) is 4. The van der Waals surface area contributed by atoms with Crippen LogP contribution in [0, 0.1) is 0 Å². The first-order valence-corrected chi connectivity index (χ1v) is 25.1. The van der Waals surface area contributed by atoms with Crippen LogP contribution in [0.25, 0.3) is 0 Å². The first-order chi connectivity index (χ1) is 29.8. The molecule has 0 radical (unpaired) electrons. The van der Waals surface area contributed by atoms with Crippen molar-refractivity contribution < 1.29 is 49.0 Å². The van der Waals surface area contributed by atoms with Gasteiger partial charge >= 0.3 is 11.9 Å². The fourth-order valence-electron chi connectivity index (χ4n) is 7.51. The smallest absolute Gasteiger partial charge is 0.306 e. The number of esters is 2. The summed E-state index contributed by atoms with van der Waals surface area (Å²) < 4.78 is 22.2. The lowest BCUT2D eigenvalue weighted by Crippen LogP contribution is -2.59. The number of carbonyl (C=O) groups is 2. The highest BCUT2D eigenvalue weighted by molar-refractivity contribution is 5.70. The maximum atomic E-state index is 12.8. The van der Waals surface area contributed by atoms with Gasteiger partial charge in [0.1, 0.15) is 31.0 Å². The topological polar surface area (TPSA) is 152 Å². The van der Waals surface area contributed by atoms with Crippen molar-refractivity contribution in [2.24, 2.45) is 0 Å². The molecule has 0 aromatic heterocycles. The van der Waals surface area contributed by atoms with Gasteiger partial charge < -0.3 is 39.4 Å². The fourth-order valence-corrected chi connectivity index (χ4v) is 7.51. The lowest BCUT2D eigenvalue weighted by Gasteiger charge is -2.39. The largest absolute Gasteiger partial charge is 0.462 e. The monoisotopic (exact) mass is 865 g/mol. The Kier molecular flexibility index (Phi) is 39.1. The number of allylic oxidation sites excluding steroid dienone is 6. The second-order valence-electron chi connectivity index (χ2n) is 17.3.